The summed E-state index contributed by atoms with van der Waals surface area (Å²) >= 11 is 3.53. The Morgan fingerprint density at radius 1 is 0.846 bits per heavy atom. The standard InChI is InChI=1S/C21H15BrN4/c22-17-11-12-19-18(13-17)20(16-9-5-2-6-10-16)25-21(24-19)26-23-14-15-7-3-1-4-8-15/h1-14H,(H,24,25,26). The molecule has 0 aliphatic rings. The molecule has 0 saturated heterocycles. The summed E-state index contributed by atoms with van der Waals surface area (Å²) in [5.41, 5.74) is 6.72. The predicted molar refractivity (Wildman–Crippen MR) is 110 cm³/mol. The first-order valence-electron chi connectivity index (χ1n) is 8.16. The van der Waals surface area contributed by atoms with Crippen molar-refractivity contribution < 1.29 is 0 Å². The highest BCUT2D eigenvalue weighted by Gasteiger charge is 2.10. The molecule has 0 amide bonds. The van der Waals surface area contributed by atoms with Crippen LogP contribution >= 0.6 is 15.9 Å². The summed E-state index contributed by atoms with van der Waals surface area (Å²) in [7, 11) is 0. The Labute approximate surface area is 159 Å². The van der Waals surface area contributed by atoms with Gasteiger partial charge >= 0.3 is 0 Å². The Kier molecular flexibility index (Phi) is 4.71. The molecule has 1 N–H and O–H groups in total. The molecule has 26 heavy (non-hydrogen) atoms. The van der Waals surface area contributed by atoms with E-state index >= 15 is 0 Å². The summed E-state index contributed by atoms with van der Waals surface area (Å²) in [6, 6.07) is 25.9. The number of fused-ring (bicyclic) bond motifs is 1. The number of hydrazone groups is 1. The third-order valence-electron chi connectivity index (χ3n) is 3.88. The zero-order chi connectivity index (χ0) is 17.8. The minimum absolute atomic E-state index is 0.464. The van der Waals surface area contributed by atoms with E-state index in [2.05, 4.69) is 36.4 Å². The van der Waals surface area contributed by atoms with E-state index in [-0.39, 0.29) is 0 Å². The quantitative estimate of drug-likeness (QED) is 0.361. The topological polar surface area (TPSA) is 50.2 Å². The van der Waals surface area contributed by atoms with Gasteiger partial charge in [-0.05, 0) is 23.8 Å². The molecule has 0 saturated carbocycles. The summed E-state index contributed by atoms with van der Waals surface area (Å²) in [4.78, 5) is 9.26. The lowest BCUT2D eigenvalue weighted by Crippen LogP contribution is -1.99. The van der Waals surface area contributed by atoms with Crippen LogP contribution in [0.3, 0.4) is 0 Å². The number of anilines is 1. The lowest BCUT2D eigenvalue weighted by atomic mass is 10.1. The molecule has 0 fully saturated rings. The average Bonchev–Trinajstić information content (AvgIpc) is 2.69. The van der Waals surface area contributed by atoms with Gasteiger partial charge in [-0.2, -0.15) is 5.10 Å². The molecule has 0 unspecified atom stereocenters. The molecule has 4 nitrogen and oxygen atoms in total. The Hall–Kier alpha value is -3.05. The van der Waals surface area contributed by atoms with Gasteiger partial charge in [-0.1, -0.05) is 76.6 Å². The van der Waals surface area contributed by atoms with E-state index in [0.717, 1.165) is 32.2 Å². The van der Waals surface area contributed by atoms with E-state index in [4.69, 9.17) is 0 Å². The Morgan fingerprint density at radius 2 is 1.58 bits per heavy atom. The smallest absolute Gasteiger partial charge is 0.244 e. The van der Waals surface area contributed by atoms with Crippen LogP contribution in [0.1, 0.15) is 5.56 Å². The molecule has 0 atom stereocenters. The van der Waals surface area contributed by atoms with Crippen LogP contribution in [0.4, 0.5) is 5.95 Å². The Morgan fingerprint density at radius 3 is 2.35 bits per heavy atom. The van der Waals surface area contributed by atoms with Gasteiger partial charge in [0.25, 0.3) is 0 Å². The summed E-state index contributed by atoms with van der Waals surface area (Å²) in [5, 5.41) is 5.25. The fourth-order valence-electron chi connectivity index (χ4n) is 2.67. The van der Waals surface area contributed by atoms with Crippen LogP contribution in [-0.4, -0.2) is 16.2 Å². The molecule has 4 aromatic rings. The molecule has 1 aromatic heterocycles. The maximum absolute atomic E-state index is 4.69. The molecule has 5 heteroatoms. The number of nitrogens with zero attached hydrogens (tertiary/aromatic N) is 3. The monoisotopic (exact) mass is 402 g/mol. The van der Waals surface area contributed by atoms with E-state index in [1.54, 1.807) is 6.21 Å². The van der Waals surface area contributed by atoms with Gasteiger partial charge in [0.1, 0.15) is 0 Å². The highest BCUT2D eigenvalue weighted by Crippen LogP contribution is 2.29. The van der Waals surface area contributed by atoms with Crippen molar-refractivity contribution in [3.8, 4) is 11.3 Å². The fraction of sp³-hybridized carbons (Fsp3) is 0. The molecule has 0 radical (unpaired) electrons. The second kappa shape index (κ2) is 7.45. The molecular formula is C21H15BrN4. The number of hydrogen-bond donors (Lipinski definition) is 1. The van der Waals surface area contributed by atoms with E-state index in [9.17, 15) is 0 Å². The molecule has 1 heterocycles. The number of rotatable bonds is 4. The molecule has 0 bridgehead atoms. The summed E-state index contributed by atoms with van der Waals surface area (Å²) in [6.07, 6.45) is 1.75. The molecule has 0 aliphatic heterocycles. The second-order valence-corrected chi connectivity index (χ2v) is 6.62. The third-order valence-corrected chi connectivity index (χ3v) is 4.38. The van der Waals surface area contributed by atoms with Gasteiger partial charge < -0.3 is 0 Å². The van der Waals surface area contributed by atoms with Crippen LogP contribution in [-0.2, 0) is 0 Å². The number of nitrogens with one attached hydrogen (secondary N) is 1. The van der Waals surface area contributed by atoms with Crippen LogP contribution in [0, 0.1) is 0 Å². The first kappa shape index (κ1) is 16.4. The van der Waals surface area contributed by atoms with Crippen molar-refractivity contribution in [3.63, 3.8) is 0 Å². The number of hydrogen-bond acceptors (Lipinski definition) is 4. The van der Waals surface area contributed by atoms with Crippen LogP contribution in [0.5, 0.6) is 0 Å². The van der Waals surface area contributed by atoms with Gasteiger partial charge in [-0.25, -0.2) is 15.4 Å². The number of aromatic nitrogens is 2. The fourth-order valence-corrected chi connectivity index (χ4v) is 3.03. The maximum Gasteiger partial charge on any atom is 0.244 e. The van der Waals surface area contributed by atoms with Gasteiger partial charge in [0.15, 0.2) is 0 Å². The molecule has 3 aromatic carbocycles. The molecule has 126 valence electrons. The highest BCUT2D eigenvalue weighted by molar-refractivity contribution is 9.10. The minimum atomic E-state index is 0.464. The first-order chi connectivity index (χ1) is 12.8. The molecular weight excluding hydrogens is 388 g/mol. The summed E-state index contributed by atoms with van der Waals surface area (Å²) < 4.78 is 0.994. The third kappa shape index (κ3) is 3.63. The van der Waals surface area contributed by atoms with Crippen molar-refractivity contribution in [1.82, 2.24) is 9.97 Å². The second-order valence-electron chi connectivity index (χ2n) is 5.70. The number of benzene rings is 3. The Balaban J connectivity index is 1.74. The van der Waals surface area contributed by atoms with Crippen LogP contribution in [0.15, 0.2) is 88.4 Å². The molecule has 0 aliphatic carbocycles. The van der Waals surface area contributed by atoms with E-state index in [1.165, 1.54) is 0 Å². The normalized spacial score (nSPS) is 11.1. The van der Waals surface area contributed by atoms with Crippen LogP contribution in [0.25, 0.3) is 22.2 Å². The zero-order valence-corrected chi connectivity index (χ0v) is 15.4. The minimum Gasteiger partial charge on any atom is -0.245 e. The van der Waals surface area contributed by atoms with E-state index in [1.807, 2.05) is 78.9 Å². The van der Waals surface area contributed by atoms with E-state index < -0.39 is 0 Å². The molecule has 0 spiro atoms. The zero-order valence-electron chi connectivity index (χ0n) is 13.8. The average molecular weight is 403 g/mol. The predicted octanol–water partition coefficient (Wildman–Crippen LogP) is 5.51. The lowest BCUT2D eigenvalue weighted by molar-refractivity contribution is 1.16. The van der Waals surface area contributed by atoms with Gasteiger partial charge in [0.2, 0.25) is 5.95 Å². The Bertz CT molecular complexity index is 1060. The summed E-state index contributed by atoms with van der Waals surface area (Å²) in [5.74, 6) is 0.464. The maximum atomic E-state index is 4.69. The van der Waals surface area contributed by atoms with E-state index in [0.29, 0.717) is 5.95 Å². The van der Waals surface area contributed by atoms with Crippen LogP contribution in [0.2, 0.25) is 0 Å². The van der Waals surface area contributed by atoms with Crippen molar-refractivity contribution in [2.75, 3.05) is 5.43 Å². The van der Waals surface area contributed by atoms with Gasteiger partial charge in [0, 0.05) is 15.4 Å². The van der Waals surface area contributed by atoms with Crippen molar-refractivity contribution in [3.05, 3.63) is 88.9 Å². The van der Waals surface area contributed by atoms with Gasteiger partial charge in [-0.3, -0.25) is 0 Å². The first-order valence-corrected chi connectivity index (χ1v) is 8.96. The lowest BCUT2D eigenvalue weighted by Gasteiger charge is -2.09. The summed E-state index contributed by atoms with van der Waals surface area (Å²) in [6.45, 7) is 0. The van der Waals surface area contributed by atoms with Crippen LogP contribution < -0.4 is 5.43 Å². The van der Waals surface area contributed by atoms with Crippen molar-refractivity contribution in [2.24, 2.45) is 5.10 Å². The highest BCUT2D eigenvalue weighted by atomic mass is 79.9. The molecule has 4 rings (SSSR count). The largest absolute Gasteiger partial charge is 0.245 e. The number of halogens is 1. The van der Waals surface area contributed by atoms with Gasteiger partial charge in [-0.15, -0.1) is 0 Å². The van der Waals surface area contributed by atoms with Gasteiger partial charge in [0.05, 0.1) is 17.4 Å². The van der Waals surface area contributed by atoms with Crippen molar-refractivity contribution >= 4 is 39.0 Å². The van der Waals surface area contributed by atoms with Crippen molar-refractivity contribution in [2.45, 2.75) is 0 Å². The van der Waals surface area contributed by atoms with Crippen molar-refractivity contribution in [1.29, 1.82) is 0 Å². The SMILES string of the molecule is Brc1ccc2nc(NN=Cc3ccccc3)nc(-c3ccccc3)c2c1.